The van der Waals surface area contributed by atoms with E-state index in [1.165, 1.54) is 25.7 Å². The average Bonchev–Trinajstić information content (AvgIpc) is 2.51. The van der Waals surface area contributed by atoms with Crippen molar-refractivity contribution in [2.45, 2.75) is 37.3 Å². The van der Waals surface area contributed by atoms with Crippen LogP contribution in [0.4, 0.5) is 4.79 Å². The molecule has 0 aromatic rings. The van der Waals surface area contributed by atoms with Gasteiger partial charge in [-0.25, -0.2) is 0 Å². The Bertz CT molecular complexity index is 242. The summed E-state index contributed by atoms with van der Waals surface area (Å²) in [4.78, 5) is 12.8. The lowest BCUT2D eigenvalue weighted by molar-refractivity contribution is 0.171. The SMILES string of the molecule is O=C(Cl)N1C2CCC3CCC321. The van der Waals surface area contributed by atoms with Crippen molar-refractivity contribution < 1.29 is 4.79 Å². The van der Waals surface area contributed by atoms with Crippen molar-refractivity contribution in [1.29, 1.82) is 0 Å². The minimum atomic E-state index is -0.223. The highest BCUT2D eigenvalue weighted by molar-refractivity contribution is 6.63. The van der Waals surface area contributed by atoms with Crippen LogP contribution >= 0.6 is 11.6 Å². The van der Waals surface area contributed by atoms with Gasteiger partial charge in [0.25, 0.3) is 0 Å². The Balaban J connectivity index is 1.91. The molecule has 2 nitrogen and oxygen atoms in total. The smallest absolute Gasteiger partial charge is 0.316 e. The minimum Gasteiger partial charge on any atom is -0.316 e. The summed E-state index contributed by atoms with van der Waals surface area (Å²) in [7, 11) is 0. The summed E-state index contributed by atoms with van der Waals surface area (Å²) in [5, 5.41) is -0.223. The second-order valence-electron chi connectivity index (χ2n) is 3.94. The van der Waals surface area contributed by atoms with E-state index >= 15 is 0 Å². The van der Waals surface area contributed by atoms with Gasteiger partial charge in [0.15, 0.2) is 0 Å². The van der Waals surface area contributed by atoms with Gasteiger partial charge in [0.05, 0.1) is 11.6 Å². The minimum absolute atomic E-state index is 0.223. The molecule has 3 atom stereocenters. The van der Waals surface area contributed by atoms with Crippen molar-refractivity contribution in [2.24, 2.45) is 5.92 Å². The number of rotatable bonds is 0. The summed E-state index contributed by atoms with van der Waals surface area (Å²) in [5.41, 5.74) is 0.291. The molecule has 11 heavy (non-hydrogen) atoms. The predicted octanol–water partition coefficient (Wildman–Crippen LogP) is 1.97. The average molecular weight is 172 g/mol. The van der Waals surface area contributed by atoms with Crippen LogP contribution in [0.5, 0.6) is 0 Å². The molecule has 3 fully saturated rings. The lowest BCUT2D eigenvalue weighted by Gasteiger charge is -2.34. The van der Waals surface area contributed by atoms with E-state index in [0.29, 0.717) is 11.6 Å². The Morgan fingerprint density at radius 3 is 2.64 bits per heavy atom. The van der Waals surface area contributed by atoms with E-state index in [4.69, 9.17) is 11.6 Å². The molecular weight excluding hydrogens is 162 g/mol. The molecule has 3 rings (SSSR count). The second kappa shape index (κ2) is 1.58. The highest BCUT2D eigenvalue weighted by Gasteiger charge is 2.75. The maximum atomic E-state index is 10.9. The third-order valence-electron chi connectivity index (χ3n) is 3.85. The highest BCUT2D eigenvalue weighted by atomic mass is 35.5. The van der Waals surface area contributed by atoms with E-state index < -0.39 is 0 Å². The zero-order valence-electron chi connectivity index (χ0n) is 6.22. The molecule has 0 aromatic heterocycles. The molecule has 1 heterocycles. The number of likely N-dealkylation sites (tertiary alicyclic amines) is 1. The topological polar surface area (TPSA) is 20.1 Å². The highest BCUT2D eigenvalue weighted by Crippen LogP contribution is 2.67. The third-order valence-corrected chi connectivity index (χ3v) is 4.03. The molecule has 1 amide bonds. The van der Waals surface area contributed by atoms with Crippen molar-refractivity contribution in [2.75, 3.05) is 0 Å². The first-order valence-corrected chi connectivity index (χ1v) is 4.63. The van der Waals surface area contributed by atoms with Gasteiger partial charge in [-0.3, -0.25) is 4.79 Å². The van der Waals surface area contributed by atoms with Gasteiger partial charge in [0.2, 0.25) is 0 Å². The van der Waals surface area contributed by atoms with Crippen molar-refractivity contribution in [1.82, 2.24) is 4.90 Å². The Labute approximate surface area is 70.5 Å². The van der Waals surface area contributed by atoms with E-state index in [9.17, 15) is 4.79 Å². The van der Waals surface area contributed by atoms with Crippen LogP contribution in [0.15, 0.2) is 0 Å². The molecule has 0 N–H and O–H groups in total. The first-order chi connectivity index (χ1) is 5.27. The fraction of sp³-hybridized carbons (Fsp3) is 0.875. The molecule has 60 valence electrons. The van der Waals surface area contributed by atoms with E-state index in [0.717, 1.165) is 5.92 Å². The van der Waals surface area contributed by atoms with E-state index in [1.807, 2.05) is 4.90 Å². The van der Waals surface area contributed by atoms with Crippen molar-refractivity contribution in [3.63, 3.8) is 0 Å². The molecule has 0 aromatic carbocycles. The molecule has 1 saturated heterocycles. The molecule has 3 unspecified atom stereocenters. The number of hydrogen-bond donors (Lipinski definition) is 0. The Morgan fingerprint density at radius 2 is 2.27 bits per heavy atom. The maximum Gasteiger partial charge on any atom is 0.317 e. The van der Waals surface area contributed by atoms with E-state index in [-0.39, 0.29) is 5.37 Å². The largest absolute Gasteiger partial charge is 0.317 e. The molecule has 3 heteroatoms. The quantitative estimate of drug-likeness (QED) is 0.310. The summed E-state index contributed by atoms with van der Waals surface area (Å²) in [5.74, 6) is 0.801. The van der Waals surface area contributed by atoms with E-state index in [2.05, 4.69) is 0 Å². The summed E-state index contributed by atoms with van der Waals surface area (Å²) in [6, 6.07) is 0.534. The lowest BCUT2D eigenvalue weighted by Crippen LogP contribution is -2.38. The van der Waals surface area contributed by atoms with Gasteiger partial charge in [0.1, 0.15) is 0 Å². The summed E-state index contributed by atoms with van der Waals surface area (Å²) >= 11 is 5.45. The van der Waals surface area contributed by atoms with E-state index in [1.54, 1.807) is 0 Å². The van der Waals surface area contributed by atoms with Gasteiger partial charge < -0.3 is 4.90 Å². The standard InChI is InChI=1S/C8H10ClNO/c9-7(11)10-6-2-1-5-3-4-8(5,6)10/h5-6H,1-4H2. The van der Waals surface area contributed by atoms with Crippen LogP contribution in [-0.4, -0.2) is 21.8 Å². The van der Waals surface area contributed by atoms with Crippen LogP contribution in [0, 0.1) is 5.92 Å². The van der Waals surface area contributed by atoms with Crippen LogP contribution in [0.3, 0.4) is 0 Å². The molecule has 2 saturated carbocycles. The van der Waals surface area contributed by atoms with Gasteiger partial charge in [-0.15, -0.1) is 0 Å². The zero-order valence-corrected chi connectivity index (χ0v) is 6.97. The predicted molar refractivity (Wildman–Crippen MR) is 41.6 cm³/mol. The van der Waals surface area contributed by atoms with Crippen LogP contribution in [0.25, 0.3) is 0 Å². The van der Waals surface area contributed by atoms with Gasteiger partial charge in [0, 0.05) is 0 Å². The molecule has 1 aliphatic heterocycles. The van der Waals surface area contributed by atoms with Crippen LogP contribution in [0.2, 0.25) is 0 Å². The molecule has 2 aliphatic carbocycles. The second-order valence-corrected chi connectivity index (χ2v) is 4.27. The number of nitrogens with zero attached hydrogens (tertiary/aromatic N) is 1. The van der Waals surface area contributed by atoms with Gasteiger partial charge in [-0.05, 0) is 43.2 Å². The first-order valence-electron chi connectivity index (χ1n) is 4.25. The Morgan fingerprint density at radius 1 is 1.45 bits per heavy atom. The molecule has 0 radical (unpaired) electrons. The van der Waals surface area contributed by atoms with Crippen LogP contribution < -0.4 is 0 Å². The third kappa shape index (κ3) is 0.486. The first kappa shape index (κ1) is 6.30. The molecular formula is C8H10ClNO. The van der Waals surface area contributed by atoms with Crippen molar-refractivity contribution in [3.05, 3.63) is 0 Å². The number of hydrogen-bond acceptors (Lipinski definition) is 1. The van der Waals surface area contributed by atoms with Crippen molar-refractivity contribution >= 4 is 17.0 Å². The lowest BCUT2D eigenvalue weighted by atomic mass is 9.74. The molecule has 0 bridgehead atoms. The fourth-order valence-electron chi connectivity index (χ4n) is 3.23. The summed E-state index contributed by atoms with van der Waals surface area (Å²) in [6.07, 6.45) is 5.05. The number of amides is 1. The zero-order chi connectivity index (χ0) is 7.64. The van der Waals surface area contributed by atoms with Gasteiger partial charge in [-0.1, -0.05) is 0 Å². The fourth-order valence-corrected chi connectivity index (χ4v) is 3.50. The van der Waals surface area contributed by atoms with Gasteiger partial charge in [-0.2, -0.15) is 0 Å². The molecule has 3 aliphatic rings. The normalized spacial score (nSPS) is 51.2. The summed E-state index contributed by atoms with van der Waals surface area (Å²) < 4.78 is 0. The maximum absolute atomic E-state index is 10.9. The Hall–Kier alpha value is -0.240. The Kier molecular flexibility index (Phi) is 0.905. The van der Waals surface area contributed by atoms with Crippen molar-refractivity contribution in [3.8, 4) is 0 Å². The monoisotopic (exact) mass is 171 g/mol. The van der Waals surface area contributed by atoms with Gasteiger partial charge >= 0.3 is 5.37 Å². The van der Waals surface area contributed by atoms with Crippen LogP contribution in [0.1, 0.15) is 25.7 Å². The number of halogens is 1. The summed E-state index contributed by atoms with van der Waals surface area (Å²) in [6.45, 7) is 0. The molecule has 1 spiro atoms. The number of carbonyl (C=O) groups is 1. The number of piperidine rings is 1. The van der Waals surface area contributed by atoms with Crippen LogP contribution in [-0.2, 0) is 0 Å². The number of carbonyl (C=O) groups excluding carboxylic acids is 1.